The van der Waals surface area contributed by atoms with Crippen molar-refractivity contribution >= 4 is 11.8 Å². The molecular formula is C11H19N3O2. The van der Waals surface area contributed by atoms with E-state index < -0.39 is 0 Å². The number of rotatable bonds is 3. The van der Waals surface area contributed by atoms with Gasteiger partial charge >= 0.3 is 0 Å². The van der Waals surface area contributed by atoms with Gasteiger partial charge < -0.3 is 16.0 Å². The summed E-state index contributed by atoms with van der Waals surface area (Å²) in [6.45, 7) is 2.79. The molecule has 3 N–H and O–H groups in total. The van der Waals surface area contributed by atoms with Gasteiger partial charge in [-0.25, -0.2) is 0 Å². The van der Waals surface area contributed by atoms with Crippen LogP contribution in [-0.2, 0) is 9.59 Å². The summed E-state index contributed by atoms with van der Waals surface area (Å²) in [5, 5.41) is 8.91. The fourth-order valence-electron chi connectivity index (χ4n) is 2.28. The van der Waals surface area contributed by atoms with Gasteiger partial charge in [-0.1, -0.05) is 0 Å². The molecule has 1 unspecified atom stereocenters. The van der Waals surface area contributed by atoms with Crippen LogP contribution in [0.3, 0.4) is 0 Å². The highest BCUT2D eigenvalue weighted by atomic mass is 16.2. The molecule has 2 saturated heterocycles. The topological polar surface area (TPSA) is 70.2 Å². The second-order valence-electron chi connectivity index (χ2n) is 4.62. The van der Waals surface area contributed by atoms with Gasteiger partial charge in [-0.3, -0.25) is 9.59 Å². The molecule has 2 heterocycles. The molecular weight excluding hydrogens is 206 g/mol. The lowest BCUT2D eigenvalue weighted by Gasteiger charge is -2.23. The van der Waals surface area contributed by atoms with E-state index in [9.17, 15) is 9.59 Å². The van der Waals surface area contributed by atoms with Crippen molar-refractivity contribution in [2.24, 2.45) is 5.92 Å². The van der Waals surface area contributed by atoms with Crippen LogP contribution in [0.2, 0.25) is 0 Å². The average molecular weight is 225 g/mol. The maximum atomic E-state index is 11.7. The third-order valence-corrected chi connectivity index (χ3v) is 3.28. The van der Waals surface area contributed by atoms with E-state index >= 15 is 0 Å². The van der Waals surface area contributed by atoms with Gasteiger partial charge in [0.1, 0.15) is 6.04 Å². The van der Waals surface area contributed by atoms with Gasteiger partial charge in [0.05, 0.1) is 0 Å². The van der Waals surface area contributed by atoms with Crippen LogP contribution in [0.5, 0.6) is 0 Å². The quantitative estimate of drug-likeness (QED) is 0.599. The Morgan fingerprint density at radius 1 is 1.44 bits per heavy atom. The van der Waals surface area contributed by atoms with E-state index in [-0.39, 0.29) is 17.9 Å². The zero-order valence-electron chi connectivity index (χ0n) is 9.42. The Morgan fingerprint density at radius 2 is 2.31 bits per heavy atom. The molecule has 5 heteroatoms. The van der Waals surface area contributed by atoms with E-state index in [1.165, 1.54) is 12.8 Å². The summed E-state index contributed by atoms with van der Waals surface area (Å²) < 4.78 is 0. The molecule has 2 aliphatic rings. The minimum absolute atomic E-state index is 0.0144. The van der Waals surface area contributed by atoms with Gasteiger partial charge in [0.25, 0.3) is 0 Å². The molecule has 2 atom stereocenters. The van der Waals surface area contributed by atoms with Gasteiger partial charge in [-0.15, -0.1) is 0 Å². The molecule has 2 aliphatic heterocycles. The van der Waals surface area contributed by atoms with Crippen molar-refractivity contribution in [3.63, 3.8) is 0 Å². The molecule has 5 nitrogen and oxygen atoms in total. The van der Waals surface area contributed by atoms with Crippen LogP contribution in [0.15, 0.2) is 0 Å². The molecule has 2 rings (SSSR count). The Hall–Kier alpha value is -1.10. The number of piperidine rings is 1. The summed E-state index contributed by atoms with van der Waals surface area (Å²) >= 11 is 0. The van der Waals surface area contributed by atoms with Gasteiger partial charge in [-0.05, 0) is 38.3 Å². The second kappa shape index (κ2) is 5.30. The Balaban J connectivity index is 1.68. The van der Waals surface area contributed by atoms with E-state index in [1.807, 2.05) is 0 Å². The molecule has 16 heavy (non-hydrogen) atoms. The fraction of sp³-hybridized carbons (Fsp3) is 0.818. The Morgan fingerprint density at radius 3 is 2.94 bits per heavy atom. The summed E-state index contributed by atoms with van der Waals surface area (Å²) in [5.41, 5.74) is 0. The van der Waals surface area contributed by atoms with Crippen molar-refractivity contribution in [1.29, 1.82) is 0 Å². The number of amides is 2. The second-order valence-corrected chi connectivity index (χ2v) is 4.62. The van der Waals surface area contributed by atoms with Crippen LogP contribution in [0, 0.1) is 5.92 Å². The largest absolute Gasteiger partial charge is 0.354 e. The number of hydrogen-bond acceptors (Lipinski definition) is 3. The minimum atomic E-state index is -0.302. The standard InChI is InChI=1S/C11H19N3O2/c15-10-4-3-9(14-10)11(16)13-7-8-2-1-5-12-6-8/h8-9,12H,1-7H2,(H,13,16)(H,14,15)/t8?,9-/m1/s1. The zero-order chi connectivity index (χ0) is 11.4. The van der Waals surface area contributed by atoms with Crippen LogP contribution < -0.4 is 16.0 Å². The first kappa shape index (κ1) is 11.4. The number of hydrogen-bond donors (Lipinski definition) is 3. The number of carbonyl (C=O) groups excluding carboxylic acids is 2. The lowest BCUT2D eigenvalue weighted by atomic mass is 9.99. The minimum Gasteiger partial charge on any atom is -0.354 e. The smallest absolute Gasteiger partial charge is 0.242 e. The normalized spacial score (nSPS) is 29.9. The monoisotopic (exact) mass is 225 g/mol. The van der Waals surface area contributed by atoms with E-state index in [0.29, 0.717) is 18.8 Å². The van der Waals surface area contributed by atoms with Gasteiger partial charge in [0.2, 0.25) is 11.8 Å². The van der Waals surface area contributed by atoms with E-state index in [1.54, 1.807) is 0 Å². The molecule has 0 aromatic heterocycles. The summed E-state index contributed by atoms with van der Waals surface area (Å²) in [5.74, 6) is 0.491. The van der Waals surface area contributed by atoms with Crippen LogP contribution in [0.4, 0.5) is 0 Å². The summed E-state index contributed by atoms with van der Waals surface area (Å²) in [6.07, 6.45) is 3.46. The van der Waals surface area contributed by atoms with Crippen molar-refractivity contribution in [3.05, 3.63) is 0 Å². The molecule has 2 amide bonds. The molecule has 0 bridgehead atoms. The van der Waals surface area contributed by atoms with Crippen molar-refractivity contribution in [1.82, 2.24) is 16.0 Å². The molecule has 0 saturated carbocycles. The van der Waals surface area contributed by atoms with Gasteiger partial charge in [0.15, 0.2) is 0 Å². The van der Waals surface area contributed by atoms with Crippen LogP contribution in [0.25, 0.3) is 0 Å². The van der Waals surface area contributed by atoms with E-state index in [0.717, 1.165) is 19.6 Å². The Kier molecular flexibility index (Phi) is 3.77. The van der Waals surface area contributed by atoms with Gasteiger partial charge in [-0.2, -0.15) is 0 Å². The van der Waals surface area contributed by atoms with Gasteiger partial charge in [0, 0.05) is 13.0 Å². The van der Waals surface area contributed by atoms with Crippen LogP contribution in [-0.4, -0.2) is 37.5 Å². The average Bonchev–Trinajstić information content (AvgIpc) is 2.74. The predicted octanol–water partition coefficient (Wildman–Crippen LogP) is -0.619. The highest BCUT2D eigenvalue weighted by Gasteiger charge is 2.27. The predicted molar refractivity (Wildman–Crippen MR) is 59.8 cm³/mol. The number of nitrogens with one attached hydrogen (secondary N) is 3. The maximum absolute atomic E-state index is 11.7. The third-order valence-electron chi connectivity index (χ3n) is 3.28. The number of carbonyl (C=O) groups is 2. The Labute approximate surface area is 95.3 Å². The van der Waals surface area contributed by atoms with Crippen LogP contribution in [0.1, 0.15) is 25.7 Å². The molecule has 0 aromatic rings. The first-order chi connectivity index (χ1) is 7.75. The first-order valence-electron chi connectivity index (χ1n) is 6.03. The van der Waals surface area contributed by atoms with E-state index in [2.05, 4.69) is 16.0 Å². The third kappa shape index (κ3) is 2.95. The molecule has 0 radical (unpaired) electrons. The van der Waals surface area contributed by atoms with Crippen molar-refractivity contribution in [2.45, 2.75) is 31.7 Å². The molecule has 0 aliphatic carbocycles. The lowest BCUT2D eigenvalue weighted by molar-refractivity contribution is -0.125. The summed E-state index contributed by atoms with van der Waals surface area (Å²) in [7, 11) is 0. The van der Waals surface area contributed by atoms with Crippen molar-refractivity contribution in [3.8, 4) is 0 Å². The molecule has 90 valence electrons. The zero-order valence-corrected chi connectivity index (χ0v) is 9.42. The highest BCUT2D eigenvalue weighted by Crippen LogP contribution is 2.10. The van der Waals surface area contributed by atoms with Crippen LogP contribution >= 0.6 is 0 Å². The molecule has 2 fully saturated rings. The lowest BCUT2D eigenvalue weighted by Crippen LogP contribution is -2.45. The van der Waals surface area contributed by atoms with Crippen molar-refractivity contribution in [2.75, 3.05) is 19.6 Å². The molecule has 0 spiro atoms. The maximum Gasteiger partial charge on any atom is 0.242 e. The summed E-state index contributed by atoms with van der Waals surface area (Å²) in [6, 6.07) is -0.302. The molecule has 0 aromatic carbocycles. The SMILES string of the molecule is O=C1CC[C@H](C(=O)NCC2CCCNC2)N1. The van der Waals surface area contributed by atoms with E-state index in [4.69, 9.17) is 0 Å². The Bertz CT molecular complexity index is 274. The first-order valence-corrected chi connectivity index (χ1v) is 6.03. The van der Waals surface area contributed by atoms with Crippen molar-refractivity contribution < 1.29 is 9.59 Å². The summed E-state index contributed by atoms with van der Waals surface area (Å²) in [4.78, 5) is 22.7. The highest BCUT2D eigenvalue weighted by molar-refractivity contribution is 5.90. The fourth-order valence-corrected chi connectivity index (χ4v) is 2.28.